The second-order valence-corrected chi connectivity index (χ2v) is 7.35. The first-order valence-corrected chi connectivity index (χ1v) is 9.67. The predicted molar refractivity (Wildman–Crippen MR) is 107 cm³/mol. The molecule has 0 aliphatic carbocycles. The molecule has 25 heavy (non-hydrogen) atoms. The maximum atomic E-state index is 13.1. The third kappa shape index (κ3) is 4.50. The number of nitrogens with zero attached hydrogens (tertiary/aromatic N) is 1. The number of ether oxygens (including phenoxy) is 1. The number of halogens is 1. The zero-order valence-electron chi connectivity index (χ0n) is 13.8. The van der Waals surface area contributed by atoms with Crippen LogP contribution in [-0.4, -0.2) is 12.5 Å². The van der Waals surface area contributed by atoms with Gasteiger partial charge in [0.25, 0.3) is 5.91 Å². The van der Waals surface area contributed by atoms with Crippen molar-refractivity contribution in [3.63, 3.8) is 0 Å². The van der Waals surface area contributed by atoms with Crippen molar-refractivity contribution >= 4 is 38.9 Å². The van der Waals surface area contributed by atoms with Crippen molar-refractivity contribution in [1.29, 1.82) is 0 Å². The highest BCUT2D eigenvalue weighted by atomic mass is 79.9. The predicted octanol–water partition coefficient (Wildman–Crippen LogP) is 5.76. The summed E-state index contributed by atoms with van der Waals surface area (Å²) in [5.41, 5.74) is 1.51. The summed E-state index contributed by atoms with van der Waals surface area (Å²) in [7, 11) is 0. The van der Waals surface area contributed by atoms with Crippen molar-refractivity contribution in [2.45, 2.75) is 13.5 Å². The first-order chi connectivity index (χ1) is 12.2. The number of hydrogen-bond donors (Lipinski definition) is 0. The van der Waals surface area contributed by atoms with E-state index in [0.717, 1.165) is 20.8 Å². The van der Waals surface area contributed by atoms with Crippen molar-refractivity contribution in [2.75, 3.05) is 11.5 Å². The molecule has 0 atom stereocenters. The Morgan fingerprint density at radius 2 is 1.80 bits per heavy atom. The number of carbonyl (C=O) groups excluding carboxylic acids is 1. The second-order valence-electron chi connectivity index (χ2n) is 5.40. The highest BCUT2D eigenvalue weighted by molar-refractivity contribution is 9.10. The van der Waals surface area contributed by atoms with Gasteiger partial charge in [-0.3, -0.25) is 4.79 Å². The molecule has 3 nitrogen and oxygen atoms in total. The molecule has 3 aromatic rings. The van der Waals surface area contributed by atoms with Crippen LogP contribution in [0, 0.1) is 0 Å². The van der Waals surface area contributed by atoms with Gasteiger partial charge in [-0.25, -0.2) is 0 Å². The topological polar surface area (TPSA) is 29.5 Å². The average molecular weight is 416 g/mol. The third-order valence-electron chi connectivity index (χ3n) is 3.69. The highest BCUT2D eigenvalue weighted by Gasteiger charge is 2.18. The molecule has 0 saturated carbocycles. The minimum absolute atomic E-state index is 0.0231. The molecule has 0 aliphatic rings. The van der Waals surface area contributed by atoms with E-state index in [0.29, 0.717) is 18.7 Å². The Morgan fingerprint density at radius 3 is 2.40 bits per heavy atom. The van der Waals surface area contributed by atoms with Crippen LogP contribution in [0.3, 0.4) is 0 Å². The normalized spacial score (nSPS) is 10.5. The fraction of sp³-hybridized carbons (Fsp3) is 0.150. The zero-order valence-corrected chi connectivity index (χ0v) is 16.2. The smallest absolute Gasteiger partial charge is 0.258 e. The van der Waals surface area contributed by atoms with E-state index in [4.69, 9.17) is 4.74 Å². The Kier molecular flexibility index (Phi) is 5.89. The van der Waals surface area contributed by atoms with Crippen LogP contribution in [0.4, 0.5) is 5.69 Å². The summed E-state index contributed by atoms with van der Waals surface area (Å²) < 4.78 is 6.45. The molecule has 5 heteroatoms. The molecular weight excluding hydrogens is 398 g/mol. The molecule has 0 aliphatic heterocycles. The maximum absolute atomic E-state index is 13.1. The molecule has 0 unspecified atom stereocenters. The Morgan fingerprint density at radius 1 is 1.08 bits per heavy atom. The number of thiophene rings is 1. The van der Waals surface area contributed by atoms with Gasteiger partial charge in [-0.1, -0.05) is 22.0 Å². The van der Waals surface area contributed by atoms with E-state index in [-0.39, 0.29) is 5.91 Å². The summed E-state index contributed by atoms with van der Waals surface area (Å²) >= 11 is 5.06. The standard InChI is InChI=1S/C20H18BrNO2S/c1-2-24-18-11-9-17(10-12-18)22(14-19-4-3-13-25-19)20(23)15-5-7-16(21)8-6-15/h3-13H,2,14H2,1H3. The van der Waals surface area contributed by atoms with Crippen LogP contribution >= 0.6 is 27.3 Å². The largest absolute Gasteiger partial charge is 0.494 e. The summed E-state index contributed by atoms with van der Waals surface area (Å²) in [6.07, 6.45) is 0. The van der Waals surface area contributed by atoms with Crippen LogP contribution in [0.25, 0.3) is 0 Å². The number of hydrogen-bond acceptors (Lipinski definition) is 3. The Bertz CT molecular complexity index is 814. The molecule has 1 aromatic heterocycles. The molecule has 0 radical (unpaired) electrons. The van der Waals surface area contributed by atoms with Crippen molar-refractivity contribution in [2.24, 2.45) is 0 Å². The minimum atomic E-state index is -0.0231. The van der Waals surface area contributed by atoms with Crippen LogP contribution in [0.1, 0.15) is 22.2 Å². The molecule has 0 fully saturated rings. The van der Waals surface area contributed by atoms with Crippen molar-refractivity contribution in [3.8, 4) is 5.75 Å². The van der Waals surface area contributed by atoms with Gasteiger partial charge in [0.15, 0.2) is 0 Å². The van der Waals surface area contributed by atoms with Gasteiger partial charge in [0.05, 0.1) is 13.2 Å². The Labute approximate surface area is 160 Å². The zero-order chi connectivity index (χ0) is 17.6. The average Bonchev–Trinajstić information content (AvgIpc) is 3.14. The van der Waals surface area contributed by atoms with Gasteiger partial charge in [0, 0.05) is 20.6 Å². The second kappa shape index (κ2) is 8.32. The van der Waals surface area contributed by atoms with Gasteiger partial charge in [0.1, 0.15) is 5.75 Å². The van der Waals surface area contributed by atoms with E-state index in [1.165, 1.54) is 0 Å². The highest BCUT2D eigenvalue weighted by Crippen LogP contribution is 2.25. The molecule has 1 amide bonds. The summed E-state index contributed by atoms with van der Waals surface area (Å²) in [4.78, 5) is 16.0. The lowest BCUT2D eigenvalue weighted by Crippen LogP contribution is -2.30. The number of amides is 1. The van der Waals surface area contributed by atoms with Gasteiger partial charge in [0.2, 0.25) is 0 Å². The van der Waals surface area contributed by atoms with Crippen molar-refractivity contribution in [3.05, 3.63) is 81.0 Å². The van der Waals surface area contributed by atoms with Crippen LogP contribution in [-0.2, 0) is 6.54 Å². The third-order valence-corrected chi connectivity index (χ3v) is 5.08. The molecular formula is C20H18BrNO2S. The van der Waals surface area contributed by atoms with E-state index in [1.807, 2.05) is 73.0 Å². The first-order valence-electron chi connectivity index (χ1n) is 8.00. The molecule has 0 N–H and O–H groups in total. The molecule has 0 spiro atoms. The van der Waals surface area contributed by atoms with Crippen molar-refractivity contribution < 1.29 is 9.53 Å². The maximum Gasteiger partial charge on any atom is 0.258 e. The molecule has 1 heterocycles. The summed E-state index contributed by atoms with van der Waals surface area (Å²) in [6, 6.07) is 19.1. The van der Waals surface area contributed by atoms with Crippen molar-refractivity contribution in [1.82, 2.24) is 0 Å². The number of carbonyl (C=O) groups is 1. The van der Waals surface area contributed by atoms with E-state index in [9.17, 15) is 4.79 Å². The lowest BCUT2D eigenvalue weighted by molar-refractivity contribution is 0.0985. The summed E-state index contributed by atoms with van der Waals surface area (Å²) in [5, 5.41) is 2.02. The van der Waals surface area contributed by atoms with Gasteiger partial charge in [-0.05, 0) is 66.9 Å². The lowest BCUT2D eigenvalue weighted by Gasteiger charge is -2.23. The molecule has 0 bridgehead atoms. The summed E-state index contributed by atoms with van der Waals surface area (Å²) in [6.45, 7) is 3.12. The molecule has 128 valence electrons. The van der Waals surface area contributed by atoms with E-state index in [2.05, 4.69) is 15.9 Å². The number of benzene rings is 2. The van der Waals surface area contributed by atoms with E-state index in [1.54, 1.807) is 16.2 Å². The van der Waals surface area contributed by atoms with Crippen LogP contribution < -0.4 is 9.64 Å². The van der Waals surface area contributed by atoms with Crippen LogP contribution in [0.15, 0.2) is 70.5 Å². The quantitative estimate of drug-likeness (QED) is 0.512. The van der Waals surface area contributed by atoms with E-state index < -0.39 is 0 Å². The van der Waals surface area contributed by atoms with E-state index >= 15 is 0 Å². The Balaban J connectivity index is 1.91. The van der Waals surface area contributed by atoms with Gasteiger partial charge in [-0.2, -0.15) is 0 Å². The fourth-order valence-electron chi connectivity index (χ4n) is 2.48. The summed E-state index contributed by atoms with van der Waals surface area (Å²) in [5.74, 6) is 0.781. The Hall–Kier alpha value is -2.11. The van der Waals surface area contributed by atoms with Crippen LogP contribution in [0.5, 0.6) is 5.75 Å². The molecule has 0 saturated heterocycles. The number of rotatable bonds is 6. The van der Waals surface area contributed by atoms with Gasteiger partial charge in [-0.15, -0.1) is 11.3 Å². The van der Waals surface area contributed by atoms with Gasteiger partial charge < -0.3 is 9.64 Å². The number of anilines is 1. The lowest BCUT2D eigenvalue weighted by atomic mass is 10.1. The molecule has 3 rings (SSSR count). The minimum Gasteiger partial charge on any atom is -0.494 e. The van der Waals surface area contributed by atoms with Crippen LogP contribution in [0.2, 0.25) is 0 Å². The van der Waals surface area contributed by atoms with Gasteiger partial charge >= 0.3 is 0 Å². The SMILES string of the molecule is CCOc1ccc(N(Cc2cccs2)C(=O)c2ccc(Br)cc2)cc1. The first kappa shape index (κ1) is 17.7. The fourth-order valence-corrected chi connectivity index (χ4v) is 3.43. The monoisotopic (exact) mass is 415 g/mol. The molecule has 2 aromatic carbocycles.